The van der Waals surface area contributed by atoms with E-state index in [9.17, 15) is 19.2 Å². The molecule has 0 unspecified atom stereocenters. The molecule has 32 heavy (non-hydrogen) atoms. The SMILES string of the molecule is CCCCc1cn([C@@H]2O[C@H](COC(C)=O)[C@H](OC(C)=O)[C@H](OC(C)=O)[C@H]2OC(C)=O)nn1. The lowest BCUT2D eigenvalue weighted by molar-refractivity contribution is -0.270. The van der Waals surface area contributed by atoms with Crippen molar-refractivity contribution in [3.05, 3.63) is 11.9 Å². The molecule has 12 heteroatoms. The van der Waals surface area contributed by atoms with Gasteiger partial charge in [-0.1, -0.05) is 18.6 Å². The molecular weight excluding hydrogens is 426 g/mol. The fourth-order valence-corrected chi connectivity index (χ4v) is 3.33. The maximum atomic E-state index is 11.9. The standard InChI is InChI=1S/C20H29N3O9/c1-6-7-8-15-9-23(22-21-15)20-19(31-14(5)27)18(30-13(4)26)17(29-12(3)25)16(32-20)10-28-11(2)24/h9,16-20H,6-8,10H2,1-5H3/t16-,17+,18+,19-,20-/m1/s1. The number of aryl methyl sites for hydroxylation is 1. The summed E-state index contributed by atoms with van der Waals surface area (Å²) in [5.74, 6) is -2.64. The van der Waals surface area contributed by atoms with Crippen LogP contribution >= 0.6 is 0 Å². The smallest absolute Gasteiger partial charge is 0.303 e. The van der Waals surface area contributed by atoms with Gasteiger partial charge in [-0.25, -0.2) is 4.68 Å². The van der Waals surface area contributed by atoms with Crippen LogP contribution in [0.3, 0.4) is 0 Å². The predicted molar refractivity (Wildman–Crippen MR) is 106 cm³/mol. The van der Waals surface area contributed by atoms with Crippen LogP contribution in [0.15, 0.2) is 6.20 Å². The molecule has 178 valence electrons. The maximum Gasteiger partial charge on any atom is 0.303 e. The molecule has 0 saturated carbocycles. The predicted octanol–water partition coefficient (Wildman–Crippen LogP) is 0.876. The first-order valence-electron chi connectivity index (χ1n) is 10.3. The fourth-order valence-electron chi connectivity index (χ4n) is 3.33. The van der Waals surface area contributed by atoms with Crippen LogP contribution in [0.25, 0.3) is 0 Å². The monoisotopic (exact) mass is 455 g/mol. The molecule has 0 amide bonds. The van der Waals surface area contributed by atoms with Gasteiger partial charge in [0.2, 0.25) is 0 Å². The van der Waals surface area contributed by atoms with E-state index in [-0.39, 0.29) is 6.61 Å². The van der Waals surface area contributed by atoms with Crippen LogP contribution in [-0.4, -0.2) is 69.9 Å². The second-order valence-electron chi connectivity index (χ2n) is 7.38. The molecule has 0 N–H and O–H groups in total. The van der Waals surface area contributed by atoms with E-state index in [1.54, 1.807) is 6.20 Å². The van der Waals surface area contributed by atoms with Crippen molar-refractivity contribution in [2.24, 2.45) is 0 Å². The molecular formula is C20H29N3O9. The van der Waals surface area contributed by atoms with Gasteiger partial charge < -0.3 is 23.7 Å². The third-order valence-electron chi connectivity index (χ3n) is 4.57. The van der Waals surface area contributed by atoms with E-state index < -0.39 is 54.5 Å². The van der Waals surface area contributed by atoms with Crippen LogP contribution in [0, 0.1) is 0 Å². The van der Waals surface area contributed by atoms with Gasteiger partial charge in [-0.3, -0.25) is 19.2 Å². The molecule has 5 atom stereocenters. The number of unbranched alkanes of at least 4 members (excludes halogenated alkanes) is 1. The number of hydrogen-bond donors (Lipinski definition) is 0. The molecule has 1 aromatic rings. The normalized spacial score (nSPS) is 25.0. The largest absolute Gasteiger partial charge is 0.463 e. The first-order chi connectivity index (χ1) is 15.1. The van der Waals surface area contributed by atoms with Crippen molar-refractivity contribution in [1.29, 1.82) is 0 Å². The highest BCUT2D eigenvalue weighted by molar-refractivity contribution is 5.68. The summed E-state index contributed by atoms with van der Waals surface area (Å²) < 4.78 is 28.6. The summed E-state index contributed by atoms with van der Waals surface area (Å²) in [7, 11) is 0. The van der Waals surface area contributed by atoms with Gasteiger partial charge in [-0.05, 0) is 12.8 Å². The van der Waals surface area contributed by atoms with Gasteiger partial charge in [-0.15, -0.1) is 5.10 Å². The maximum absolute atomic E-state index is 11.9. The fraction of sp³-hybridized carbons (Fsp3) is 0.700. The van der Waals surface area contributed by atoms with Crippen LogP contribution in [0.1, 0.15) is 59.4 Å². The van der Waals surface area contributed by atoms with Crippen LogP contribution in [0.5, 0.6) is 0 Å². The lowest BCUT2D eigenvalue weighted by Gasteiger charge is -2.44. The topological polar surface area (TPSA) is 145 Å². The van der Waals surface area contributed by atoms with Gasteiger partial charge in [0.15, 0.2) is 24.5 Å². The Morgan fingerprint density at radius 1 is 0.938 bits per heavy atom. The van der Waals surface area contributed by atoms with Gasteiger partial charge in [0.05, 0.1) is 11.9 Å². The summed E-state index contributed by atoms with van der Waals surface area (Å²) in [4.78, 5) is 46.8. The molecule has 0 radical (unpaired) electrons. The second kappa shape index (κ2) is 11.6. The average molecular weight is 455 g/mol. The molecule has 1 saturated heterocycles. The Kier molecular flexibility index (Phi) is 9.12. The van der Waals surface area contributed by atoms with Crippen molar-refractivity contribution < 1.29 is 42.9 Å². The molecule has 1 aliphatic rings. The number of ether oxygens (including phenoxy) is 5. The molecule has 1 fully saturated rings. The Labute approximate surface area is 185 Å². The number of rotatable bonds is 9. The third kappa shape index (κ3) is 7.01. The lowest BCUT2D eigenvalue weighted by Crippen LogP contribution is -2.60. The van der Waals surface area contributed by atoms with Crippen molar-refractivity contribution in [1.82, 2.24) is 15.0 Å². The minimum Gasteiger partial charge on any atom is -0.463 e. The first-order valence-corrected chi connectivity index (χ1v) is 10.3. The summed E-state index contributed by atoms with van der Waals surface area (Å²) in [5, 5.41) is 8.18. The Hall–Kier alpha value is -3.02. The highest BCUT2D eigenvalue weighted by Crippen LogP contribution is 2.34. The second-order valence-corrected chi connectivity index (χ2v) is 7.38. The van der Waals surface area contributed by atoms with Crippen LogP contribution in [0.2, 0.25) is 0 Å². The minimum absolute atomic E-state index is 0.300. The summed E-state index contributed by atoms with van der Waals surface area (Å²) in [6, 6.07) is 0. The van der Waals surface area contributed by atoms with E-state index in [1.165, 1.54) is 25.5 Å². The molecule has 0 aromatic carbocycles. The van der Waals surface area contributed by atoms with Gasteiger partial charge in [0.25, 0.3) is 0 Å². The Balaban J connectivity index is 2.47. The van der Waals surface area contributed by atoms with E-state index in [4.69, 9.17) is 23.7 Å². The molecule has 2 heterocycles. The Morgan fingerprint density at radius 3 is 2.09 bits per heavy atom. The van der Waals surface area contributed by atoms with Crippen molar-refractivity contribution in [3.63, 3.8) is 0 Å². The van der Waals surface area contributed by atoms with E-state index in [1.807, 2.05) is 6.92 Å². The van der Waals surface area contributed by atoms with Gasteiger partial charge in [-0.2, -0.15) is 0 Å². The third-order valence-corrected chi connectivity index (χ3v) is 4.57. The van der Waals surface area contributed by atoms with Crippen molar-refractivity contribution >= 4 is 23.9 Å². The zero-order valence-corrected chi connectivity index (χ0v) is 18.8. The average Bonchev–Trinajstić information content (AvgIpc) is 3.15. The number of aromatic nitrogens is 3. The molecule has 12 nitrogen and oxygen atoms in total. The molecule has 0 spiro atoms. The van der Waals surface area contributed by atoms with E-state index in [0.717, 1.165) is 19.8 Å². The first kappa shape index (κ1) is 25.2. The quantitative estimate of drug-likeness (QED) is 0.386. The molecule has 2 rings (SSSR count). The number of esters is 4. The van der Waals surface area contributed by atoms with Crippen LogP contribution < -0.4 is 0 Å². The number of carbonyl (C=O) groups is 4. The lowest BCUT2D eigenvalue weighted by atomic mass is 9.97. The van der Waals surface area contributed by atoms with Crippen LogP contribution in [0.4, 0.5) is 0 Å². The molecule has 0 aliphatic carbocycles. The van der Waals surface area contributed by atoms with E-state index in [2.05, 4.69) is 10.3 Å². The highest BCUT2D eigenvalue weighted by Gasteiger charge is 2.53. The summed E-state index contributed by atoms with van der Waals surface area (Å²) in [6.07, 6.45) is -1.61. The zero-order chi connectivity index (χ0) is 23.8. The van der Waals surface area contributed by atoms with Crippen molar-refractivity contribution in [2.75, 3.05) is 6.61 Å². The van der Waals surface area contributed by atoms with Gasteiger partial charge in [0.1, 0.15) is 12.7 Å². The number of nitrogens with zero attached hydrogens (tertiary/aromatic N) is 3. The number of hydrogen-bond acceptors (Lipinski definition) is 11. The number of carbonyl (C=O) groups excluding carboxylic acids is 4. The summed E-state index contributed by atoms with van der Waals surface area (Å²) in [5.41, 5.74) is 0.694. The van der Waals surface area contributed by atoms with Crippen molar-refractivity contribution in [3.8, 4) is 0 Å². The van der Waals surface area contributed by atoms with Crippen molar-refractivity contribution in [2.45, 2.75) is 84.5 Å². The van der Waals surface area contributed by atoms with Gasteiger partial charge in [0, 0.05) is 27.7 Å². The van der Waals surface area contributed by atoms with Crippen LogP contribution in [-0.2, 0) is 49.3 Å². The molecule has 1 aromatic heterocycles. The zero-order valence-electron chi connectivity index (χ0n) is 18.8. The Morgan fingerprint density at radius 2 is 1.53 bits per heavy atom. The molecule has 1 aliphatic heterocycles. The van der Waals surface area contributed by atoms with E-state index >= 15 is 0 Å². The molecule has 0 bridgehead atoms. The highest BCUT2D eigenvalue weighted by atomic mass is 16.7. The van der Waals surface area contributed by atoms with E-state index in [0.29, 0.717) is 12.1 Å². The van der Waals surface area contributed by atoms with Gasteiger partial charge >= 0.3 is 23.9 Å². The summed E-state index contributed by atoms with van der Waals surface area (Å²) >= 11 is 0. The minimum atomic E-state index is -1.25. The summed E-state index contributed by atoms with van der Waals surface area (Å²) in [6.45, 7) is 6.47. The Bertz CT molecular complexity index is 825.